The minimum absolute atomic E-state index is 0.0132. The number of morpholine rings is 1. The molecule has 1 aromatic rings. The van der Waals surface area contributed by atoms with E-state index in [9.17, 15) is 4.79 Å². The van der Waals surface area contributed by atoms with E-state index in [4.69, 9.17) is 10.5 Å². The van der Waals surface area contributed by atoms with Crippen molar-refractivity contribution < 1.29 is 9.53 Å². The SMILES string of the molecule is CCN(CC(C)C)C(=O)c1sc(N2CCOCC2)nc1N. The molecule has 1 aliphatic rings. The number of thiazole rings is 1. The molecule has 0 saturated carbocycles. The largest absolute Gasteiger partial charge is 0.382 e. The van der Waals surface area contributed by atoms with Gasteiger partial charge in [0.25, 0.3) is 5.91 Å². The third kappa shape index (κ3) is 3.85. The van der Waals surface area contributed by atoms with Gasteiger partial charge in [0.2, 0.25) is 0 Å². The summed E-state index contributed by atoms with van der Waals surface area (Å²) in [5, 5.41) is 0.819. The molecule has 1 aliphatic heterocycles. The quantitative estimate of drug-likeness (QED) is 0.895. The molecule has 1 fully saturated rings. The number of rotatable bonds is 5. The van der Waals surface area contributed by atoms with Gasteiger partial charge in [-0.05, 0) is 12.8 Å². The molecule has 2 N–H and O–H groups in total. The lowest BCUT2D eigenvalue weighted by molar-refractivity contribution is 0.0751. The fourth-order valence-corrected chi connectivity index (χ4v) is 3.31. The van der Waals surface area contributed by atoms with Crippen molar-refractivity contribution in [2.75, 3.05) is 50.0 Å². The van der Waals surface area contributed by atoms with E-state index in [0.717, 1.165) is 24.8 Å². The van der Waals surface area contributed by atoms with Gasteiger partial charge in [0.15, 0.2) is 5.13 Å². The van der Waals surface area contributed by atoms with Crippen molar-refractivity contribution in [2.45, 2.75) is 20.8 Å². The van der Waals surface area contributed by atoms with Crippen LogP contribution >= 0.6 is 11.3 Å². The molecule has 1 saturated heterocycles. The van der Waals surface area contributed by atoms with E-state index in [1.54, 1.807) is 0 Å². The van der Waals surface area contributed by atoms with Crippen LogP contribution in [0.25, 0.3) is 0 Å². The lowest BCUT2D eigenvalue weighted by atomic mass is 10.2. The zero-order valence-corrected chi connectivity index (χ0v) is 13.8. The van der Waals surface area contributed by atoms with Gasteiger partial charge in [-0.3, -0.25) is 4.79 Å². The molecule has 0 bridgehead atoms. The van der Waals surface area contributed by atoms with Crippen LogP contribution < -0.4 is 10.6 Å². The van der Waals surface area contributed by atoms with Gasteiger partial charge >= 0.3 is 0 Å². The van der Waals surface area contributed by atoms with Crippen LogP contribution in [0, 0.1) is 5.92 Å². The molecule has 0 spiro atoms. The van der Waals surface area contributed by atoms with Gasteiger partial charge in [0.05, 0.1) is 13.2 Å². The van der Waals surface area contributed by atoms with Crippen molar-refractivity contribution >= 4 is 28.2 Å². The lowest BCUT2D eigenvalue weighted by Gasteiger charge is -2.26. The van der Waals surface area contributed by atoms with E-state index in [2.05, 4.69) is 23.7 Å². The summed E-state index contributed by atoms with van der Waals surface area (Å²) in [6.07, 6.45) is 0. The molecular formula is C14H24N4O2S. The number of hydrogen-bond donors (Lipinski definition) is 1. The van der Waals surface area contributed by atoms with E-state index >= 15 is 0 Å². The summed E-state index contributed by atoms with van der Waals surface area (Å²) >= 11 is 1.39. The van der Waals surface area contributed by atoms with E-state index in [1.807, 2.05) is 11.8 Å². The Hall–Kier alpha value is -1.34. The maximum absolute atomic E-state index is 12.6. The molecule has 0 aromatic carbocycles. The molecule has 6 nitrogen and oxygen atoms in total. The number of nitrogens with two attached hydrogens (primary N) is 1. The Kier molecular flexibility index (Phi) is 5.41. The predicted octanol–water partition coefficient (Wildman–Crippen LogP) is 1.68. The maximum Gasteiger partial charge on any atom is 0.267 e. The fraction of sp³-hybridized carbons (Fsp3) is 0.714. The summed E-state index contributed by atoms with van der Waals surface area (Å²) in [5.74, 6) is 0.760. The van der Waals surface area contributed by atoms with Crippen LogP contribution in [-0.2, 0) is 4.74 Å². The smallest absolute Gasteiger partial charge is 0.267 e. The zero-order valence-electron chi connectivity index (χ0n) is 13.0. The third-order valence-electron chi connectivity index (χ3n) is 3.37. The first-order valence-corrected chi connectivity index (χ1v) is 8.22. The van der Waals surface area contributed by atoms with Crippen LogP contribution in [0.3, 0.4) is 0 Å². The van der Waals surface area contributed by atoms with Gasteiger partial charge in [-0.25, -0.2) is 4.98 Å². The van der Waals surface area contributed by atoms with E-state index < -0.39 is 0 Å². The number of nitrogen functional groups attached to an aromatic ring is 1. The summed E-state index contributed by atoms with van der Waals surface area (Å²) in [6.45, 7) is 10.6. The summed E-state index contributed by atoms with van der Waals surface area (Å²) in [6, 6.07) is 0. The Bertz CT molecular complexity index is 483. The summed E-state index contributed by atoms with van der Waals surface area (Å²) in [7, 11) is 0. The molecule has 0 radical (unpaired) electrons. The average molecular weight is 312 g/mol. The number of ether oxygens (including phenoxy) is 1. The molecule has 0 aliphatic carbocycles. The Labute approximate surface area is 129 Å². The second kappa shape index (κ2) is 7.09. The van der Waals surface area contributed by atoms with Gasteiger partial charge in [0.1, 0.15) is 10.7 Å². The predicted molar refractivity (Wildman–Crippen MR) is 86.0 cm³/mol. The highest BCUT2D eigenvalue weighted by molar-refractivity contribution is 7.18. The molecule has 1 amide bonds. The second-order valence-corrected chi connectivity index (χ2v) is 6.53. The van der Waals surface area contributed by atoms with Crippen LogP contribution in [-0.4, -0.2) is 55.2 Å². The number of carbonyl (C=O) groups is 1. The molecule has 0 atom stereocenters. The van der Waals surface area contributed by atoms with Crippen LogP contribution in [0.5, 0.6) is 0 Å². The average Bonchev–Trinajstić information content (AvgIpc) is 2.87. The van der Waals surface area contributed by atoms with Gasteiger partial charge < -0.3 is 20.3 Å². The van der Waals surface area contributed by atoms with Crippen molar-refractivity contribution in [1.29, 1.82) is 0 Å². The molecule has 2 heterocycles. The highest BCUT2D eigenvalue weighted by Gasteiger charge is 2.24. The van der Waals surface area contributed by atoms with Gasteiger partial charge in [0, 0.05) is 26.2 Å². The summed E-state index contributed by atoms with van der Waals surface area (Å²) in [4.78, 5) is 21.5. The van der Waals surface area contributed by atoms with E-state index in [1.165, 1.54) is 11.3 Å². The fourth-order valence-electron chi connectivity index (χ4n) is 2.30. The Morgan fingerprint density at radius 3 is 2.71 bits per heavy atom. The number of aromatic nitrogens is 1. The van der Waals surface area contributed by atoms with Crippen molar-refractivity contribution in [3.05, 3.63) is 4.88 Å². The van der Waals surface area contributed by atoms with Crippen molar-refractivity contribution in [3.8, 4) is 0 Å². The van der Waals surface area contributed by atoms with Crippen molar-refractivity contribution in [1.82, 2.24) is 9.88 Å². The number of hydrogen-bond acceptors (Lipinski definition) is 6. The van der Waals surface area contributed by atoms with Crippen molar-refractivity contribution in [3.63, 3.8) is 0 Å². The normalized spacial score (nSPS) is 15.5. The summed E-state index contributed by atoms with van der Waals surface area (Å²) in [5.41, 5.74) is 5.97. The Balaban J connectivity index is 2.15. The Morgan fingerprint density at radius 1 is 1.48 bits per heavy atom. The highest BCUT2D eigenvalue weighted by Crippen LogP contribution is 2.29. The van der Waals surface area contributed by atoms with Crippen LogP contribution in [0.4, 0.5) is 10.9 Å². The van der Waals surface area contributed by atoms with Crippen LogP contribution in [0.1, 0.15) is 30.4 Å². The summed E-state index contributed by atoms with van der Waals surface area (Å²) < 4.78 is 5.33. The minimum Gasteiger partial charge on any atom is -0.382 e. The standard InChI is InChI=1S/C14H24N4O2S/c1-4-17(9-10(2)3)13(19)11-12(15)16-14(21-11)18-5-7-20-8-6-18/h10H,4-9,15H2,1-3H3. The number of amides is 1. The zero-order chi connectivity index (χ0) is 15.4. The molecule has 7 heteroatoms. The number of anilines is 2. The van der Waals surface area contributed by atoms with Gasteiger partial charge in [-0.1, -0.05) is 25.2 Å². The molecule has 2 rings (SSSR count). The highest BCUT2D eigenvalue weighted by atomic mass is 32.1. The van der Waals surface area contributed by atoms with Gasteiger partial charge in [-0.15, -0.1) is 0 Å². The number of nitrogens with zero attached hydrogens (tertiary/aromatic N) is 3. The number of carbonyl (C=O) groups excluding carboxylic acids is 1. The topological polar surface area (TPSA) is 71.7 Å². The first-order valence-electron chi connectivity index (χ1n) is 7.41. The molecule has 0 unspecified atom stereocenters. The monoisotopic (exact) mass is 312 g/mol. The maximum atomic E-state index is 12.6. The van der Waals surface area contributed by atoms with E-state index in [-0.39, 0.29) is 5.91 Å². The molecular weight excluding hydrogens is 288 g/mol. The lowest BCUT2D eigenvalue weighted by Crippen LogP contribution is -2.36. The molecule has 21 heavy (non-hydrogen) atoms. The van der Waals surface area contributed by atoms with Crippen molar-refractivity contribution in [2.24, 2.45) is 5.92 Å². The van der Waals surface area contributed by atoms with Gasteiger partial charge in [-0.2, -0.15) is 0 Å². The Morgan fingerprint density at radius 2 is 2.14 bits per heavy atom. The first kappa shape index (κ1) is 16.0. The van der Waals surface area contributed by atoms with Crippen LogP contribution in [0.15, 0.2) is 0 Å². The minimum atomic E-state index is -0.0132. The molecule has 118 valence electrons. The molecule has 1 aromatic heterocycles. The van der Waals surface area contributed by atoms with E-state index in [0.29, 0.717) is 36.4 Å². The first-order chi connectivity index (χ1) is 10.0. The van der Waals surface area contributed by atoms with Crippen LogP contribution in [0.2, 0.25) is 0 Å². The second-order valence-electron chi connectivity index (χ2n) is 5.55. The third-order valence-corrected chi connectivity index (χ3v) is 4.49.